The molecule has 1 heterocycles. The molecule has 0 aliphatic heterocycles. The number of hydrogen-bond donors (Lipinski definition) is 0. The molecule has 0 amide bonds. The molecule has 0 aliphatic rings. The van der Waals surface area contributed by atoms with Crippen molar-refractivity contribution < 1.29 is 9.53 Å². The van der Waals surface area contributed by atoms with Crippen molar-refractivity contribution in [1.82, 2.24) is 9.97 Å². The van der Waals surface area contributed by atoms with Gasteiger partial charge in [-0.15, -0.1) is 0 Å². The van der Waals surface area contributed by atoms with Crippen LogP contribution in [0.15, 0.2) is 12.6 Å². The van der Waals surface area contributed by atoms with Crippen LogP contribution in [0.5, 0.6) is 0 Å². The van der Waals surface area contributed by atoms with Crippen molar-refractivity contribution in [2.45, 2.75) is 6.92 Å². The number of carbonyl (C=O) groups excluding carboxylic acids is 1. The summed E-state index contributed by atoms with van der Waals surface area (Å²) in [5.41, 5.74) is 0.873. The van der Waals surface area contributed by atoms with E-state index in [0.717, 1.165) is 0 Å². The molecule has 0 bridgehead atoms. The van der Waals surface area contributed by atoms with Gasteiger partial charge in [-0.05, 0) is 19.1 Å². The lowest BCUT2D eigenvalue weighted by molar-refractivity contribution is 0.0593. The third-order valence-electron chi connectivity index (χ3n) is 1.46. The van der Waals surface area contributed by atoms with Gasteiger partial charge in [-0.1, -0.05) is 6.58 Å². The Bertz CT molecular complexity index is 347. The summed E-state index contributed by atoms with van der Waals surface area (Å²) < 4.78 is 4.53. The number of rotatable bonds is 2. The SMILES string of the molecule is C=Cc1cc(C(=O)OC)nc(C)n1. The van der Waals surface area contributed by atoms with Gasteiger partial charge in [0.15, 0.2) is 5.69 Å². The van der Waals surface area contributed by atoms with Gasteiger partial charge < -0.3 is 4.74 Å². The molecule has 0 unspecified atom stereocenters. The molecule has 1 rings (SSSR count). The van der Waals surface area contributed by atoms with Crippen LogP contribution in [0, 0.1) is 6.92 Å². The summed E-state index contributed by atoms with van der Waals surface area (Å²) in [6.45, 7) is 5.26. The molecule has 1 aromatic rings. The first-order chi connectivity index (χ1) is 6.17. The number of esters is 1. The first kappa shape index (κ1) is 9.38. The largest absolute Gasteiger partial charge is 0.464 e. The van der Waals surface area contributed by atoms with Crippen LogP contribution in [-0.2, 0) is 4.74 Å². The van der Waals surface area contributed by atoms with Crippen molar-refractivity contribution in [2.24, 2.45) is 0 Å². The topological polar surface area (TPSA) is 52.1 Å². The van der Waals surface area contributed by atoms with E-state index in [1.54, 1.807) is 13.0 Å². The Kier molecular flexibility index (Phi) is 2.74. The predicted octanol–water partition coefficient (Wildman–Crippen LogP) is 1.21. The van der Waals surface area contributed by atoms with E-state index < -0.39 is 5.97 Å². The van der Waals surface area contributed by atoms with Gasteiger partial charge in [0.2, 0.25) is 0 Å². The third kappa shape index (κ3) is 2.11. The fourth-order valence-electron chi connectivity index (χ4n) is 0.904. The summed E-state index contributed by atoms with van der Waals surface area (Å²) in [4.78, 5) is 19.0. The zero-order valence-electron chi connectivity index (χ0n) is 7.57. The van der Waals surface area contributed by atoms with Gasteiger partial charge in [-0.3, -0.25) is 0 Å². The monoisotopic (exact) mass is 178 g/mol. The van der Waals surface area contributed by atoms with E-state index in [9.17, 15) is 4.79 Å². The summed E-state index contributed by atoms with van der Waals surface area (Å²) >= 11 is 0. The second-order valence-corrected chi connectivity index (χ2v) is 2.42. The van der Waals surface area contributed by atoms with E-state index >= 15 is 0 Å². The zero-order valence-corrected chi connectivity index (χ0v) is 7.57. The van der Waals surface area contributed by atoms with Crippen LogP contribution in [0.1, 0.15) is 22.0 Å². The average molecular weight is 178 g/mol. The van der Waals surface area contributed by atoms with Gasteiger partial charge in [0.05, 0.1) is 12.8 Å². The number of ether oxygens (including phenoxy) is 1. The number of nitrogens with zero attached hydrogens (tertiary/aromatic N) is 2. The minimum absolute atomic E-state index is 0.255. The lowest BCUT2D eigenvalue weighted by Crippen LogP contribution is -2.07. The van der Waals surface area contributed by atoms with Crippen LogP contribution in [-0.4, -0.2) is 23.0 Å². The molecule has 13 heavy (non-hydrogen) atoms. The number of hydrogen-bond acceptors (Lipinski definition) is 4. The maximum absolute atomic E-state index is 11.1. The van der Waals surface area contributed by atoms with Crippen LogP contribution in [0.4, 0.5) is 0 Å². The van der Waals surface area contributed by atoms with Crippen LogP contribution >= 0.6 is 0 Å². The van der Waals surface area contributed by atoms with Crippen molar-refractivity contribution in [3.63, 3.8) is 0 Å². The van der Waals surface area contributed by atoms with E-state index in [0.29, 0.717) is 11.5 Å². The highest BCUT2D eigenvalue weighted by Crippen LogP contribution is 2.03. The van der Waals surface area contributed by atoms with E-state index in [1.165, 1.54) is 13.2 Å². The smallest absolute Gasteiger partial charge is 0.356 e. The summed E-state index contributed by atoms with van der Waals surface area (Å²) in [6, 6.07) is 1.53. The summed E-state index contributed by atoms with van der Waals surface area (Å²) in [6.07, 6.45) is 1.56. The summed E-state index contributed by atoms with van der Waals surface area (Å²) in [7, 11) is 1.31. The molecule has 68 valence electrons. The van der Waals surface area contributed by atoms with Crippen LogP contribution in [0.25, 0.3) is 6.08 Å². The fourth-order valence-corrected chi connectivity index (χ4v) is 0.904. The third-order valence-corrected chi connectivity index (χ3v) is 1.46. The molecule has 0 saturated carbocycles. The van der Waals surface area contributed by atoms with Crippen LogP contribution in [0.2, 0.25) is 0 Å². The number of aryl methyl sites for hydroxylation is 1. The van der Waals surface area contributed by atoms with Crippen LogP contribution < -0.4 is 0 Å². The molecule has 0 fully saturated rings. The standard InChI is InChI=1S/C9H10N2O2/c1-4-7-5-8(9(12)13-3)11-6(2)10-7/h4-5H,1H2,2-3H3. The zero-order chi connectivity index (χ0) is 9.84. The van der Waals surface area contributed by atoms with Gasteiger partial charge in [-0.2, -0.15) is 0 Å². The molecule has 0 N–H and O–H groups in total. The molecular weight excluding hydrogens is 168 g/mol. The quantitative estimate of drug-likeness (QED) is 0.639. The number of aromatic nitrogens is 2. The Morgan fingerprint density at radius 2 is 2.31 bits per heavy atom. The minimum atomic E-state index is -0.464. The highest BCUT2D eigenvalue weighted by Gasteiger charge is 2.08. The maximum Gasteiger partial charge on any atom is 0.356 e. The number of methoxy groups -OCH3 is 1. The van der Waals surface area contributed by atoms with Gasteiger partial charge in [0.25, 0.3) is 0 Å². The van der Waals surface area contributed by atoms with E-state index in [2.05, 4.69) is 21.3 Å². The van der Waals surface area contributed by atoms with Gasteiger partial charge in [-0.25, -0.2) is 14.8 Å². The van der Waals surface area contributed by atoms with Gasteiger partial charge in [0.1, 0.15) is 5.82 Å². The van der Waals surface area contributed by atoms with Gasteiger partial charge in [0, 0.05) is 0 Å². The lowest BCUT2D eigenvalue weighted by atomic mass is 10.3. The Morgan fingerprint density at radius 1 is 1.62 bits per heavy atom. The van der Waals surface area contributed by atoms with Crippen LogP contribution in [0.3, 0.4) is 0 Å². The fraction of sp³-hybridized carbons (Fsp3) is 0.222. The first-order valence-electron chi connectivity index (χ1n) is 3.74. The Balaban J connectivity index is 3.15. The summed E-state index contributed by atoms with van der Waals surface area (Å²) in [5.74, 6) is 0.0615. The Hall–Kier alpha value is -1.71. The molecule has 0 aliphatic carbocycles. The molecule has 0 aromatic carbocycles. The molecule has 4 heteroatoms. The molecule has 0 saturated heterocycles. The Morgan fingerprint density at radius 3 is 2.85 bits per heavy atom. The summed E-state index contributed by atoms with van der Waals surface area (Å²) in [5, 5.41) is 0. The van der Waals surface area contributed by atoms with Crippen molar-refractivity contribution in [3.8, 4) is 0 Å². The Labute approximate surface area is 76.3 Å². The van der Waals surface area contributed by atoms with Crippen molar-refractivity contribution in [1.29, 1.82) is 0 Å². The molecule has 1 aromatic heterocycles. The highest BCUT2D eigenvalue weighted by atomic mass is 16.5. The average Bonchev–Trinajstić information content (AvgIpc) is 2.15. The van der Waals surface area contributed by atoms with E-state index in [4.69, 9.17) is 0 Å². The first-order valence-corrected chi connectivity index (χ1v) is 3.74. The maximum atomic E-state index is 11.1. The lowest BCUT2D eigenvalue weighted by Gasteiger charge is -2.00. The second kappa shape index (κ2) is 3.80. The van der Waals surface area contributed by atoms with E-state index in [1.807, 2.05) is 0 Å². The predicted molar refractivity (Wildman–Crippen MR) is 48.2 cm³/mol. The normalized spacial score (nSPS) is 9.38. The van der Waals surface area contributed by atoms with Crippen molar-refractivity contribution >= 4 is 12.0 Å². The van der Waals surface area contributed by atoms with Gasteiger partial charge >= 0.3 is 5.97 Å². The molecule has 0 radical (unpaired) electrons. The molecule has 4 nitrogen and oxygen atoms in total. The van der Waals surface area contributed by atoms with Crippen molar-refractivity contribution in [2.75, 3.05) is 7.11 Å². The van der Waals surface area contributed by atoms with E-state index in [-0.39, 0.29) is 5.69 Å². The molecule has 0 spiro atoms. The van der Waals surface area contributed by atoms with Crippen molar-refractivity contribution in [3.05, 3.63) is 29.9 Å². The number of carbonyl (C=O) groups is 1. The molecular formula is C9H10N2O2. The highest BCUT2D eigenvalue weighted by molar-refractivity contribution is 5.87. The second-order valence-electron chi connectivity index (χ2n) is 2.42. The molecule has 0 atom stereocenters. The minimum Gasteiger partial charge on any atom is -0.464 e.